The van der Waals surface area contributed by atoms with Crippen molar-refractivity contribution in [2.24, 2.45) is 0 Å². The summed E-state index contributed by atoms with van der Waals surface area (Å²) in [6, 6.07) is 1.85. The van der Waals surface area contributed by atoms with Crippen LogP contribution in [0.1, 0.15) is 24.6 Å². The van der Waals surface area contributed by atoms with Gasteiger partial charge in [-0.25, -0.2) is 0 Å². The van der Waals surface area contributed by atoms with Crippen LogP contribution in [0.3, 0.4) is 0 Å². The fraction of sp³-hybridized carbons (Fsp3) is 0.455. The van der Waals surface area contributed by atoms with Crippen molar-refractivity contribution in [3.63, 3.8) is 0 Å². The van der Waals surface area contributed by atoms with Crippen LogP contribution in [0.25, 0.3) is 0 Å². The Labute approximate surface area is 94.4 Å². The molecule has 0 saturated heterocycles. The van der Waals surface area contributed by atoms with E-state index in [1.165, 1.54) is 5.56 Å². The maximum absolute atomic E-state index is 4.75. The van der Waals surface area contributed by atoms with Crippen LogP contribution in [-0.2, 0) is 19.6 Å². The second-order valence-electron chi connectivity index (χ2n) is 3.71. The number of hydrogen-bond acceptors (Lipinski definition) is 4. The van der Waals surface area contributed by atoms with Gasteiger partial charge in [0.05, 0.1) is 11.9 Å². The van der Waals surface area contributed by atoms with Gasteiger partial charge in [0.2, 0.25) is 0 Å². The van der Waals surface area contributed by atoms with Crippen molar-refractivity contribution < 1.29 is 4.52 Å². The number of rotatable bonds is 6. The lowest BCUT2D eigenvalue weighted by atomic mass is 10.3. The smallest absolute Gasteiger partial charge is 0.124 e. The summed E-state index contributed by atoms with van der Waals surface area (Å²) in [4.78, 5) is 0. The van der Waals surface area contributed by atoms with Gasteiger partial charge in [-0.2, -0.15) is 5.10 Å². The van der Waals surface area contributed by atoms with Gasteiger partial charge < -0.3 is 9.84 Å². The monoisotopic (exact) mass is 220 g/mol. The molecule has 16 heavy (non-hydrogen) atoms. The second-order valence-corrected chi connectivity index (χ2v) is 3.71. The van der Waals surface area contributed by atoms with Crippen LogP contribution in [0.4, 0.5) is 0 Å². The molecule has 0 radical (unpaired) electrons. The summed E-state index contributed by atoms with van der Waals surface area (Å²) >= 11 is 0. The van der Waals surface area contributed by atoms with Gasteiger partial charge in [0.25, 0.3) is 0 Å². The highest BCUT2D eigenvalue weighted by molar-refractivity contribution is 5.04. The van der Waals surface area contributed by atoms with Crippen molar-refractivity contribution in [2.45, 2.75) is 33.0 Å². The van der Waals surface area contributed by atoms with E-state index >= 15 is 0 Å². The molecule has 1 N–H and O–H groups in total. The fourth-order valence-corrected chi connectivity index (χ4v) is 1.51. The molecule has 86 valence electrons. The quantitative estimate of drug-likeness (QED) is 0.802. The van der Waals surface area contributed by atoms with Crippen molar-refractivity contribution >= 4 is 0 Å². The SMILES string of the molecule is CCCn1cc(CNCc2ccon2)cn1. The highest BCUT2D eigenvalue weighted by Crippen LogP contribution is 1.99. The van der Waals surface area contributed by atoms with E-state index in [0.717, 1.165) is 31.7 Å². The average Bonchev–Trinajstić information content (AvgIpc) is 2.90. The Morgan fingerprint density at radius 2 is 2.38 bits per heavy atom. The molecule has 0 unspecified atom stereocenters. The van der Waals surface area contributed by atoms with Crippen LogP contribution in [0, 0.1) is 0 Å². The Balaban J connectivity index is 1.76. The first kappa shape index (κ1) is 10.9. The first-order chi connectivity index (χ1) is 7.88. The molecule has 0 bridgehead atoms. The molecule has 0 saturated carbocycles. The van der Waals surface area contributed by atoms with Crippen LogP contribution in [-0.4, -0.2) is 14.9 Å². The number of nitrogens with zero attached hydrogens (tertiary/aromatic N) is 3. The van der Waals surface area contributed by atoms with Crippen molar-refractivity contribution in [3.8, 4) is 0 Å². The Bertz CT molecular complexity index is 407. The van der Waals surface area contributed by atoms with Gasteiger partial charge in [0.15, 0.2) is 0 Å². The van der Waals surface area contributed by atoms with Gasteiger partial charge >= 0.3 is 0 Å². The molecular weight excluding hydrogens is 204 g/mol. The fourth-order valence-electron chi connectivity index (χ4n) is 1.51. The highest BCUT2D eigenvalue weighted by atomic mass is 16.5. The molecule has 0 fully saturated rings. The maximum Gasteiger partial charge on any atom is 0.124 e. The molecule has 0 atom stereocenters. The Hall–Kier alpha value is -1.62. The molecule has 0 aliphatic carbocycles. The first-order valence-corrected chi connectivity index (χ1v) is 5.50. The van der Waals surface area contributed by atoms with Crippen LogP contribution in [0.5, 0.6) is 0 Å². The molecule has 0 aliphatic rings. The molecular formula is C11H16N4O. The van der Waals surface area contributed by atoms with Crippen LogP contribution < -0.4 is 5.32 Å². The zero-order valence-corrected chi connectivity index (χ0v) is 9.39. The van der Waals surface area contributed by atoms with E-state index in [0.29, 0.717) is 0 Å². The van der Waals surface area contributed by atoms with E-state index in [1.807, 2.05) is 16.9 Å². The molecule has 0 amide bonds. The molecule has 2 heterocycles. The van der Waals surface area contributed by atoms with E-state index in [4.69, 9.17) is 4.52 Å². The van der Waals surface area contributed by atoms with Crippen molar-refractivity contribution in [3.05, 3.63) is 36.0 Å². The van der Waals surface area contributed by atoms with E-state index in [9.17, 15) is 0 Å². The molecule has 0 spiro atoms. The lowest BCUT2D eigenvalue weighted by molar-refractivity contribution is 0.408. The van der Waals surface area contributed by atoms with E-state index < -0.39 is 0 Å². The summed E-state index contributed by atoms with van der Waals surface area (Å²) in [6.45, 7) is 4.64. The molecule has 0 aliphatic heterocycles. The summed E-state index contributed by atoms with van der Waals surface area (Å²) < 4.78 is 6.71. The van der Waals surface area contributed by atoms with E-state index in [2.05, 4.69) is 28.7 Å². The minimum Gasteiger partial charge on any atom is -0.364 e. The van der Waals surface area contributed by atoms with Crippen LogP contribution in [0.15, 0.2) is 29.2 Å². The van der Waals surface area contributed by atoms with Gasteiger partial charge in [-0.1, -0.05) is 12.1 Å². The Morgan fingerprint density at radius 1 is 1.44 bits per heavy atom. The molecule has 2 aromatic heterocycles. The summed E-state index contributed by atoms with van der Waals surface area (Å²) in [7, 11) is 0. The molecule has 5 heteroatoms. The van der Waals surface area contributed by atoms with Crippen molar-refractivity contribution in [2.75, 3.05) is 0 Å². The molecule has 2 rings (SSSR count). The first-order valence-electron chi connectivity index (χ1n) is 5.50. The Kier molecular flexibility index (Phi) is 3.71. The number of nitrogens with one attached hydrogen (secondary N) is 1. The molecule has 0 aromatic carbocycles. The van der Waals surface area contributed by atoms with Gasteiger partial charge in [0.1, 0.15) is 6.26 Å². The van der Waals surface area contributed by atoms with Gasteiger partial charge in [-0.15, -0.1) is 0 Å². The molecule has 5 nitrogen and oxygen atoms in total. The van der Waals surface area contributed by atoms with Gasteiger partial charge in [-0.05, 0) is 6.42 Å². The van der Waals surface area contributed by atoms with Crippen molar-refractivity contribution in [1.29, 1.82) is 0 Å². The third kappa shape index (κ3) is 2.93. The summed E-state index contributed by atoms with van der Waals surface area (Å²) in [5.74, 6) is 0. The molecule has 2 aromatic rings. The minimum absolute atomic E-state index is 0.718. The third-order valence-electron chi connectivity index (χ3n) is 2.27. The highest BCUT2D eigenvalue weighted by Gasteiger charge is 1.99. The number of aromatic nitrogens is 3. The summed E-state index contributed by atoms with van der Waals surface area (Å²) in [5.41, 5.74) is 2.11. The van der Waals surface area contributed by atoms with Gasteiger partial charge in [0, 0.05) is 37.5 Å². The van der Waals surface area contributed by atoms with Crippen LogP contribution >= 0.6 is 0 Å². The standard InChI is InChI=1S/C11H16N4O/c1-2-4-15-9-10(7-13-15)6-12-8-11-3-5-16-14-11/h3,5,7,9,12H,2,4,6,8H2,1H3. The zero-order chi connectivity index (χ0) is 11.2. The van der Waals surface area contributed by atoms with Crippen molar-refractivity contribution in [1.82, 2.24) is 20.3 Å². The second kappa shape index (κ2) is 5.46. The minimum atomic E-state index is 0.718. The maximum atomic E-state index is 4.75. The van der Waals surface area contributed by atoms with E-state index in [-0.39, 0.29) is 0 Å². The normalized spacial score (nSPS) is 10.8. The number of aryl methyl sites for hydroxylation is 1. The largest absolute Gasteiger partial charge is 0.364 e. The Morgan fingerprint density at radius 3 is 3.12 bits per heavy atom. The van der Waals surface area contributed by atoms with Gasteiger partial charge in [-0.3, -0.25) is 4.68 Å². The predicted molar refractivity (Wildman–Crippen MR) is 59.6 cm³/mol. The summed E-state index contributed by atoms with van der Waals surface area (Å²) in [6.07, 6.45) is 6.65. The van der Waals surface area contributed by atoms with Crippen LogP contribution in [0.2, 0.25) is 0 Å². The average molecular weight is 220 g/mol. The number of hydrogen-bond donors (Lipinski definition) is 1. The zero-order valence-electron chi connectivity index (χ0n) is 9.39. The summed E-state index contributed by atoms with van der Waals surface area (Å²) in [5, 5.41) is 11.4. The predicted octanol–water partition coefficient (Wildman–Crippen LogP) is 1.57. The topological polar surface area (TPSA) is 55.9 Å². The lowest BCUT2D eigenvalue weighted by Gasteiger charge is -1.99. The third-order valence-corrected chi connectivity index (χ3v) is 2.27. The lowest BCUT2D eigenvalue weighted by Crippen LogP contribution is -2.12. The van der Waals surface area contributed by atoms with E-state index in [1.54, 1.807) is 6.26 Å².